The lowest BCUT2D eigenvalue weighted by atomic mass is 10.2. The van der Waals surface area contributed by atoms with E-state index in [1.807, 2.05) is 0 Å². The summed E-state index contributed by atoms with van der Waals surface area (Å²) in [5.74, 6) is 0.296. The number of benzene rings is 1. The molecule has 1 atom stereocenters. The Hall–Kier alpha value is -1.44. The van der Waals surface area contributed by atoms with Crippen LogP contribution < -0.4 is 5.73 Å². The molecule has 0 aliphatic carbocycles. The van der Waals surface area contributed by atoms with Crippen molar-refractivity contribution in [2.24, 2.45) is 5.73 Å². The summed E-state index contributed by atoms with van der Waals surface area (Å²) in [7, 11) is -3.27. The Labute approximate surface area is 104 Å². The van der Waals surface area contributed by atoms with Gasteiger partial charge in [-0.2, -0.15) is 0 Å². The van der Waals surface area contributed by atoms with Crippen molar-refractivity contribution >= 4 is 20.9 Å². The first kappa shape index (κ1) is 13.0. The van der Waals surface area contributed by atoms with Crippen molar-refractivity contribution in [2.75, 3.05) is 12.9 Å². The number of rotatable bonds is 4. The number of nitrogens with zero attached hydrogens (tertiary/aromatic N) is 1. The average Bonchev–Trinajstić information content (AvgIpc) is 2.70. The number of oxazole rings is 1. The maximum atomic E-state index is 11.4. The zero-order chi connectivity index (χ0) is 13.3. The molecule has 0 radical (unpaired) electrons. The van der Waals surface area contributed by atoms with E-state index < -0.39 is 15.9 Å². The Balaban J connectivity index is 2.46. The van der Waals surface area contributed by atoms with Crippen LogP contribution in [0.2, 0.25) is 0 Å². The summed E-state index contributed by atoms with van der Waals surface area (Å²) in [6, 6.07) is 3.96. The van der Waals surface area contributed by atoms with Crippen molar-refractivity contribution < 1.29 is 17.9 Å². The number of hydrogen-bond donors (Lipinski definition) is 2. The zero-order valence-electron chi connectivity index (χ0n) is 9.83. The number of aliphatic hydroxyl groups excluding tert-OH is 1. The van der Waals surface area contributed by atoms with Gasteiger partial charge in [0.2, 0.25) is 5.89 Å². The van der Waals surface area contributed by atoms with E-state index >= 15 is 0 Å². The number of hydrogen-bond acceptors (Lipinski definition) is 6. The zero-order valence-corrected chi connectivity index (χ0v) is 10.6. The molecule has 0 amide bonds. The minimum atomic E-state index is -3.27. The molecule has 7 heteroatoms. The first-order chi connectivity index (χ1) is 8.41. The van der Waals surface area contributed by atoms with E-state index in [1.165, 1.54) is 12.1 Å². The van der Waals surface area contributed by atoms with Gasteiger partial charge >= 0.3 is 0 Å². The second-order valence-corrected chi connectivity index (χ2v) is 6.09. The van der Waals surface area contributed by atoms with Crippen LogP contribution >= 0.6 is 0 Å². The van der Waals surface area contributed by atoms with Crippen molar-refractivity contribution in [2.45, 2.75) is 17.4 Å². The third-order valence-electron chi connectivity index (χ3n) is 2.56. The maximum Gasteiger partial charge on any atom is 0.212 e. The Morgan fingerprint density at radius 2 is 2.22 bits per heavy atom. The van der Waals surface area contributed by atoms with Gasteiger partial charge in [0.1, 0.15) is 5.52 Å². The monoisotopic (exact) mass is 270 g/mol. The number of aliphatic hydroxyl groups is 1. The van der Waals surface area contributed by atoms with Gasteiger partial charge in [0, 0.05) is 12.9 Å². The standard InChI is InChI=1S/C11H14N2O4S/c1-18(15,16)7-2-3-10-9(6-7)13-11(17-10)8(12)4-5-14/h2-3,6,8,14H,4-5,12H2,1H3. The lowest BCUT2D eigenvalue weighted by Gasteiger charge is -2.02. The van der Waals surface area contributed by atoms with E-state index in [4.69, 9.17) is 15.3 Å². The van der Waals surface area contributed by atoms with Gasteiger partial charge < -0.3 is 15.3 Å². The second kappa shape index (κ2) is 4.68. The molecule has 18 heavy (non-hydrogen) atoms. The van der Waals surface area contributed by atoms with Gasteiger partial charge in [-0.3, -0.25) is 0 Å². The first-order valence-corrected chi connectivity index (χ1v) is 7.28. The SMILES string of the molecule is CS(=O)(=O)c1ccc2oc(C(N)CCO)nc2c1. The fourth-order valence-electron chi connectivity index (χ4n) is 1.58. The van der Waals surface area contributed by atoms with Crippen LogP contribution in [0.1, 0.15) is 18.4 Å². The highest BCUT2D eigenvalue weighted by molar-refractivity contribution is 7.90. The number of sulfone groups is 1. The van der Waals surface area contributed by atoms with Crippen LogP contribution in [0.3, 0.4) is 0 Å². The van der Waals surface area contributed by atoms with Crippen molar-refractivity contribution in [3.63, 3.8) is 0 Å². The van der Waals surface area contributed by atoms with Crippen LogP contribution in [-0.2, 0) is 9.84 Å². The van der Waals surface area contributed by atoms with E-state index in [1.54, 1.807) is 6.07 Å². The Kier molecular flexibility index (Phi) is 3.38. The molecule has 0 aliphatic rings. The highest BCUT2D eigenvalue weighted by atomic mass is 32.2. The third kappa shape index (κ3) is 2.53. The van der Waals surface area contributed by atoms with Gasteiger partial charge in [0.05, 0.1) is 10.9 Å². The Morgan fingerprint density at radius 1 is 1.50 bits per heavy atom. The van der Waals surface area contributed by atoms with Gasteiger partial charge in [-0.15, -0.1) is 0 Å². The van der Waals surface area contributed by atoms with Crippen molar-refractivity contribution in [3.05, 3.63) is 24.1 Å². The largest absolute Gasteiger partial charge is 0.439 e. The molecular formula is C11H14N2O4S. The highest BCUT2D eigenvalue weighted by Crippen LogP contribution is 2.23. The predicted molar refractivity (Wildman–Crippen MR) is 65.8 cm³/mol. The van der Waals surface area contributed by atoms with Crippen molar-refractivity contribution in [3.8, 4) is 0 Å². The molecular weight excluding hydrogens is 256 g/mol. The molecule has 0 bridgehead atoms. The molecule has 0 saturated heterocycles. The fourth-order valence-corrected chi connectivity index (χ4v) is 2.22. The normalized spacial score (nSPS) is 13.9. The summed E-state index contributed by atoms with van der Waals surface area (Å²) >= 11 is 0. The Bertz CT molecular complexity index is 663. The van der Waals surface area contributed by atoms with E-state index in [9.17, 15) is 8.42 Å². The van der Waals surface area contributed by atoms with Crippen LogP contribution in [0.15, 0.2) is 27.5 Å². The van der Waals surface area contributed by atoms with E-state index in [0.29, 0.717) is 23.4 Å². The minimum absolute atomic E-state index is 0.0610. The van der Waals surface area contributed by atoms with Gasteiger partial charge in [-0.25, -0.2) is 13.4 Å². The fraction of sp³-hybridized carbons (Fsp3) is 0.364. The molecule has 1 aromatic carbocycles. The topological polar surface area (TPSA) is 106 Å². The van der Waals surface area contributed by atoms with Crippen molar-refractivity contribution in [1.82, 2.24) is 4.98 Å². The smallest absolute Gasteiger partial charge is 0.212 e. The van der Waals surface area contributed by atoms with Crippen LogP contribution in [0.25, 0.3) is 11.1 Å². The van der Waals surface area contributed by atoms with E-state index in [0.717, 1.165) is 6.26 Å². The summed E-state index contributed by atoms with van der Waals surface area (Å²) in [6.07, 6.45) is 1.47. The molecule has 0 aliphatic heterocycles. The molecule has 0 fully saturated rings. The van der Waals surface area contributed by atoms with Gasteiger partial charge in [-0.05, 0) is 24.6 Å². The molecule has 0 saturated carbocycles. The van der Waals surface area contributed by atoms with Crippen LogP contribution in [-0.4, -0.2) is 31.4 Å². The second-order valence-electron chi connectivity index (χ2n) is 4.07. The number of aromatic nitrogens is 1. The molecule has 6 nitrogen and oxygen atoms in total. The lowest BCUT2D eigenvalue weighted by Crippen LogP contribution is -2.11. The van der Waals surface area contributed by atoms with Crippen LogP contribution in [0.5, 0.6) is 0 Å². The van der Waals surface area contributed by atoms with Gasteiger partial charge in [0.25, 0.3) is 0 Å². The molecule has 2 aromatic rings. The lowest BCUT2D eigenvalue weighted by molar-refractivity contribution is 0.268. The summed E-state index contributed by atoms with van der Waals surface area (Å²) in [5.41, 5.74) is 6.68. The summed E-state index contributed by atoms with van der Waals surface area (Å²) in [4.78, 5) is 4.32. The summed E-state index contributed by atoms with van der Waals surface area (Å²) in [5, 5.41) is 8.79. The molecule has 0 spiro atoms. The summed E-state index contributed by atoms with van der Waals surface area (Å²) < 4.78 is 28.2. The quantitative estimate of drug-likeness (QED) is 0.843. The molecule has 98 valence electrons. The predicted octanol–water partition coefficient (Wildman–Crippen LogP) is 0.613. The summed E-state index contributed by atoms with van der Waals surface area (Å²) in [6.45, 7) is -0.0610. The average molecular weight is 270 g/mol. The maximum absolute atomic E-state index is 11.4. The molecule has 3 N–H and O–H groups in total. The molecule has 1 unspecified atom stereocenters. The van der Waals surface area contributed by atoms with E-state index in [2.05, 4.69) is 4.98 Å². The van der Waals surface area contributed by atoms with Crippen LogP contribution in [0.4, 0.5) is 0 Å². The van der Waals surface area contributed by atoms with Crippen molar-refractivity contribution in [1.29, 1.82) is 0 Å². The molecule has 1 heterocycles. The minimum Gasteiger partial charge on any atom is -0.439 e. The first-order valence-electron chi connectivity index (χ1n) is 5.39. The molecule has 2 rings (SSSR count). The van der Waals surface area contributed by atoms with E-state index in [-0.39, 0.29) is 11.5 Å². The Morgan fingerprint density at radius 3 is 2.83 bits per heavy atom. The third-order valence-corrected chi connectivity index (χ3v) is 3.67. The number of nitrogens with two attached hydrogens (primary N) is 1. The number of fused-ring (bicyclic) bond motifs is 1. The molecule has 1 aromatic heterocycles. The van der Waals surface area contributed by atoms with Crippen LogP contribution in [0, 0.1) is 0 Å². The van der Waals surface area contributed by atoms with Gasteiger partial charge in [-0.1, -0.05) is 0 Å². The van der Waals surface area contributed by atoms with Gasteiger partial charge in [0.15, 0.2) is 15.4 Å². The highest BCUT2D eigenvalue weighted by Gasteiger charge is 2.15.